The normalized spacial score (nSPS) is 12.0. The van der Waals surface area contributed by atoms with Crippen LogP contribution in [0.4, 0.5) is 17.6 Å². The molecule has 26 heavy (non-hydrogen) atoms. The largest absolute Gasteiger partial charge is 0.489 e. The number of benzene rings is 3. The maximum atomic E-state index is 14.4. The summed E-state index contributed by atoms with van der Waals surface area (Å²) in [5.41, 5.74) is 0.256. The molecule has 0 unspecified atom stereocenters. The number of hydrogen-bond acceptors (Lipinski definition) is 1. The average Bonchev–Trinajstić information content (AvgIpc) is 2.60. The Kier molecular flexibility index (Phi) is 4.98. The first-order valence-electron chi connectivity index (χ1n) is 8.03. The monoisotopic (exact) mass is 360 g/mol. The van der Waals surface area contributed by atoms with Crippen LogP contribution in [-0.4, -0.2) is 6.61 Å². The topological polar surface area (TPSA) is 9.23 Å². The third-order valence-corrected chi connectivity index (χ3v) is 4.00. The van der Waals surface area contributed by atoms with Gasteiger partial charge in [-0.1, -0.05) is 30.4 Å². The minimum Gasteiger partial charge on any atom is -0.489 e. The lowest BCUT2D eigenvalue weighted by Gasteiger charge is -2.10. The SMILES string of the molecule is CC=CCOc1ccc(-c2ccc3cc(C(F)(F)F)ccc3c2)c(F)c1. The average molecular weight is 360 g/mol. The molecule has 3 rings (SSSR count). The van der Waals surface area contributed by atoms with Crippen molar-refractivity contribution in [1.82, 2.24) is 0 Å². The number of ether oxygens (including phenoxy) is 1. The van der Waals surface area contributed by atoms with Crippen LogP contribution in [0.15, 0.2) is 66.7 Å². The number of alkyl halides is 3. The molecule has 0 spiro atoms. The summed E-state index contributed by atoms with van der Waals surface area (Å²) in [7, 11) is 0. The second kappa shape index (κ2) is 7.20. The van der Waals surface area contributed by atoms with Crippen molar-refractivity contribution in [3.8, 4) is 16.9 Å². The Bertz CT molecular complexity index is 958. The van der Waals surface area contributed by atoms with E-state index >= 15 is 0 Å². The van der Waals surface area contributed by atoms with Crippen molar-refractivity contribution in [3.05, 3.63) is 78.1 Å². The molecule has 0 bridgehead atoms. The zero-order chi connectivity index (χ0) is 18.7. The quantitative estimate of drug-likeness (QED) is 0.375. The van der Waals surface area contributed by atoms with Gasteiger partial charge in [0.25, 0.3) is 0 Å². The fourth-order valence-corrected chi connectivity index (χ4v) is 2.65. The first-order valence-corrected chi connectivity index (χ1v) is 8.03. The van der Waals surface area contributed by atoms with Crippen molar-refractivity contribution in [1.29, 1.82) is 0 Å². The van der Waals surface area contributed by atoms with Crippen LogP contribution in [0, 0.1) is 5.82 Å². The molecule has 3 aromatic rings. The highest BCUT2D eigenvalue weighted by Gasteiger charge is 2.30. The molecule has 134 valence electrons. The van der Waals surface area contributed by atoms with Gasteiger partial charge in [-0.2, -0.15) is 13.2 Å². The van der Waals surface area contributed by atoms with Gasteiger partial charge in [0.05, 0.1) is 5.56 Å². The van der Waals surface area contributed by atoms with E-state index in [2.05, 4.69) is 0 Å². The molecule has 0 radical (unpaired) electrons. The first kappa shape index (κ1) is 18.0. The van der Waals surface area contributed by atoms with Crippen molar-refractivity contribution in [2.24, 2.45) is 0 Å². The molecule has 0 amide bonds. The number of allylic oxidation sites excluding steroid dienone is 1. The van der Waals surface area contributed by atoms with E-state index in [4.69, 9.17) is 4.74 Å². The van der Waals surface area contributed by atoms with Crippen LogP contribution in [-0.2, 0) is 6.18 Å². The molecule has 3 aromatic carbocycles. The summed E-state index contributed by atoms with van der Waals surface area (Å²) in [6.45, 7) is 2.22. The van der Waals surface area contributed by atoms with E-state index in [0.29, 0.717) is 34.3 Å². The molecule has 0 atom stereocenters. The summed E-state index contributed by atoms with van der Waals surface area (Å²) in [5, 5.41) is 1.07. The van der Waals surface area contributed by atoms with Crippen LogP contribution < -0.4 is 4.74 Å². The molecule has 0 aromatic heterocycles. The van der Waals surface area contributed by atoms with E-state index in [1.807, 2.05) is 19.1 Å². The van der Waals surface area contributed by atoms with Gasteiger partial charge in [-0.05, 0) is 53.6 Å². The second-order valence-corrected chi connectivity index (χ2v) is 5.80. The third-order valence-electron chi connectivity index (χ3n) is 4.00. The Morgan fingerprint density at radius 1 is 0.923 bits per heavy atom. The lowest BCUT2D eigenvalue weighted by molar-refractivity contribution is -0.137. The molecule has 0 fully saturated rings. The molecule has 0 aliphatic rings. The molecule has 0 heterocycles. The Labute approximate surface area is 148 Å². The highest BCUT2D eigenvalue weighted by molar-refractivity contribution is 5.88. The van der Waals surface area contributed by atoms with Crippen LogP contribution in [0.2, 0.25) is 0 Å². The lowest BCUT2D eigenvalue weighted by Crippen LogP contribution is -2.04. The van der Waals surface area contributed by atoms with Gasteiger partial charge in [0.1, 0.15) is 18.2 Å². The van der Waals surface area contributed by atoms with Gasteiger partial charge in [-0.25, -0.2) is 4.39 Å². The van der Waals surface area contributed by atoms with Gasteiger partial charge in [-0.3, -0.25) is 0 Å². The summed E-state index contributed by atoms with van der Waals surface area (Å²) < 4.78 is 58.2. The van der Waals surface area contributed by atoms with E-state index in [1.54, 1.807) is 30.3 Å². The molecule has 0 aliphatic carbocycles. The summed E-state index contributed by atoms with van der Waals surface area (Å²) in [6, 6.07) is 12.9. The zero-order valence-corrected chi connectivity index (χ0v) is 14.0. The fourth-order valence-electron chi connectivity index (χ4n) is 2.65. The Hall–Kier alpha value is -2.82. The number of fused-ring (bicyclic) bond motifs is 1. The predicted octanol–water partition coefficient (Wildman–Crippen LogP) is 6.62. The Morgan fingerprint density at radius 2 is 1.65 bits per heavy atom. The standard InChI is InChI=1S/C21H16F4O/c1-2-3-10-26-18-8-9-19(20(22)13-18)16-5-4-15-12-17(21(23,24)25)7-6-14(15)11-16/h2-9,11-13H,10H2,1H3. The van der Waals surface area contributed by atoms with Crippen molar-refractivity contribution >= 4 is 10.8 Å². The summed E-state index contributed by atoms with van der Waals surface area (Å²) in [6.07, 6.45) is -0.740. The molecule has 0 N–H and O–H groups in total. The molecule has 5 heteroatoms. The van der Waals surface area contributed by atoms with Crippen molar-refractivity contribution in [2.75, 3.05) is 6.61 Å². The molecule has 1 nitrogen and oxygen atoms in total. The minimum atomic E-state index is -4.39. The summed E-state index contributed by atoms with van der Waals surface area (Å²) in [4.78, 5) is 0. The summed E-state index contributed by atoms with van der Waals surface area (Å²) in [5.74, 6) is -0.0332. The number of halogens is 4. The van der Waals surface area contributed by atoms with Gasteiger partial charge >= 0.3 is 6.18 Å². The van der Waals surface area contributed by atoms with Crippen LogP contribution in [0.5, 0.6) is 5.75 Å². The smallest absolute Gasteiger partial charge is 0.416 e. The fraction of sp³-hybridized carbons (Fsp3) is 0.143. The van der Waals surface area contributed by atoms with Crippen LogP contribution in [0.1, 0.15) is 12.5 Å². The molecular formula is C21H16F4O. The van der Waals surface area contributed by atoms with Crippen LogP contribution in [0.3, 0.4) is 0 Å². The number of rotatable bonds is 4. The summed E-state index contributed by atoms with van der Waals surface area (Å²) >= 11 is 0. The number of hydrogen-bond donors (Lipinski definition) is 0. The van der Waals surface area contributed by atoms with Crippen molar-refractivity contribution < 1.29 is 22.3 Å². The zero-order valence-electron chi connectivity index (χ0n) is 14.0. The van der Waals surface area contributed by atoms with Gasteiger partial charge in [-0.15, -0.1) is 0 Å². The van der Waals surface area contributed by atoms with E-state index in [0.717, 1.165) is 12.1 Å². The molecule has 0 aliphatic heterocycles. The van der Waals surface area contributed by atoms with E-state index < -0.39 is 17.6 Å². The van der Waals surface area contributed by atoms with Gasteiger partial charge in [0, 0.05) is 11.6 Å². The first-order chi connectivity index (χ1) is 12.4. The lowest BCUT2D eigenvalue weighted by atomic mass is 9.99. The Morgan fingerprint density at radius 3 is 2.35 bits per heavy atom. The highest BCUT2D eigenvalue weighted by Crippen LogP contribution is 2.33. The maximum absolute atomic E-state index is 14.4. The van der Waals surface area contributed by atoms with Crippen LogP contribution >= 0.6 is 0 Å². The van der Waals surface area contributed by atoms with Crippen molar-refractivity contribution in [3.63, 3.8) is 0 Å². The molecule has 0 saturated heterocycles. The van der Waals surface area contributed by atoms with Crippen LogP contribution in [0.25, 0.3) is 21.9 Å². The van der Waals surface area contributed by atoms with E-state index in [9.17, 15) is 17.6 Å². The Balaban J connectivity index is 1.93. The maximum Gasteiger partial charge on any atom is 0.416 e. The van der Waals surface area contributed by atoms with Gasteiger partial charge < -0.3 is 4.74 Å². The molecule has 0 saturated carbocycles. The van der Waals surface area contributed by atoms with E-state index in [1.165, 1.54) is 12.1 Å². The van der Waals surface area contributed by atoms with Gasteiger partial charge in [0.2, 0.25) is 0 Å². The third kappa shape index (κ3) is 3.87. The van der Waals surface area contributed by atoms with E-state index in [-0.39, 0.29) is 0 Å². The highest BCUT2D eigenvalue weighted by atomic mass is 19.4. The predicted molar refractivity (Wildman–Crippen MR) is 94.7 cm³/mol. The van der Waals surface area contributed by atoms with Gasteiger partial charge in [0.15, 0.2) is 0 Å². The molecular weight excluding hydrogens is 344 g/mol. The second-order valence-electron chi connectivity index (χ2n) is 5.80. The van der Waals surface area contributed by atoms with Crippen molar-refractivity contribution in [2.45, 2.75) is 13.1 Å². The minimum absolute atomic E-state index is 0.354.